The maximum atomic E-state index is 12.7. The van der Waals surface area contributed by atoms with E-state index in [0.717, 1.165) is 18.4 Å². The second-order valence-corrected chi connectivity index (χ2v) is 6.19. The normalized spacial score (nSPS) is 16.3. The number of hydrogen-bond acceptors (Lipinski definition) is 6. The van der Waals surface area contributed by atoms with E-state index < -0.39 is 0 Å². The summed E-state index contributed by atoms with van der Waals surface area (Å²) in [5.74, 6) is 0.696. The first kappa shape index (κ1) is 20.8. The van der Waals surface area contributed by atoms with E-state index >= 15 is 0 Å². The summed E-state index contributed by atoms with van der Waals surface area (Å²) in [6, 6.07) is 5.41. The molecule has 1 amide bonds. The van der Waals surface area contributed by atoms with Crippen LogP contribution in [0.25, 0.3) is 6.08 Å². The van der Waals surface area contributed by atoms with Gasteiger partial charge < -0.3 is 23.8 Å². The third-order valence-electron chi connectivity index (χ3n) is 4.40. The molecule has 0 bridgehead atoms. The van der Waals surface area contributed by atoms with Gasteiger partial charge in [-0.2, -0.15) is 0 Å². The van der Waals surface area contributed by atoms with Crippen molar-refractivity contribution in [1.82, 2.24) is 4.90 Å². The maximum Gasteiger partial charge on any atom is 0.307 e. The molecule has 1 heterocycles. The molecule has 1 fully saturated rings. The number of rotatable bonds is 9. The monoisotopic (exact) mass is 377 g/mol. The number of carbonyl (C=O) groups is 2. The molecule has 0 spiro atoms. The lowest BCUT2D eigenvalue weighted by molar-refractivity contribution is -0.141. The molecule has 7 nitrogen and oxygen atoms in total. The molecule has 0 saturated carbocycles. The summed E-state index contributed by atoms with van der Waals surface area (Å²) >= 11 is 0. The van der Waals surface area contributed by atoms with Crippen molar-refractivity contribution in [3.8, 4) is 11.5 Å². The Morgan fingerprint density at radius 3 is 2.63 bits per heavy atom. The van der Waals surface area contributed by atoms with Gasteiger partial charge in [-0.15, -0.1) is 0 Å². The molecule has 1 aromatic rings. The van der Waals surface area contributed by atoms with E-state index in [1.807, 2.05) is 6.07 Å². The van der Waals surface area contributed by atoms with Crippen LogP contribution in [-0.2, 0) is 19.1 Å². The lowest BCUT2D eigenvalue weighted by Crippen LogP contribution is -2.37. The van der Waals surface area contributed by atoms with Gasteiger partial charge in [-0.05, 0) is 36.6 Å². The zero-order chi connectivity index (χ0) is 19.6. The number of amides is 1. The number of carbonyl (C=O) groups excluding carboxylic acids is 2. The van der Waals surface area contributed by atoms with Crippen molar-refractivity contribution in [1.29, 1.82) is 0 Å². The molecule has 0 aliphatic carbocycles. The fourth-order valence-electron chi connectivity index (χ4n) is 2.88. The molecule has 1 unspecified atom stereocenters. The summed E-state index contributed by atoms with van der Waals surface area (Å²) in [5, 5.41) is 0. The molecule has 27 heavy (non-hydrogen) atoms. The number of ether oxygens (including phenoxy) is 4. The van der Waals surface area contributed by atoms with Crippen LogP contribution in [-0.4, -0.2) is 63.9 Å². The molecule has 1 saturated heterocycles. The van der Waals surface area contributed by atoms with Crippen molar-refractivity contribution < 1.29 is 28.5 Å². The Bertz CT molecular complexity index is 666. The zero-order valence-corrected chi connectivity index (χ0v) is 16.1. The van der Waals surface area contributed by atoms with Gasteiger partial charge in [-0.1, -0.05) is 6.07 Å². The van der Waals surface area contributed by atoms with E-state index in [0.29, 0.717) is 31.2 Å². The highest BCUT2D eigenvalue weighted by Gasteiger charge is 2.22. The van der Waals surface area contributed by atoms with Crippen LogP contribution in [0.1, 0.15) is 24.8 Å². The largest absolute Gasteiger partial charge is 0.493 e. The Morgan fingerprint density at radius 1 is 1.22 bits per heavy atom. The van der Waals surface area contributed by atoms with Crippen molar-refractivity contribution in [3.63, 3.8) is 0 Å². The number of benzene rings is 1. The van der Waals surface area contributed by atoms with Crippen molar-refractivity contribution in [2.75, 3.05) is 41.0 Å². The Labute approximate surface area is 159 Å². The fraction of sp³-hybridized carbons (Fsp3) is 0.500. The Hall–Kier alpha value is -2.54. The molecule has 148 valence electrons. The van der Waals surface area contributed by atoms with Crippen LogP contribution in [0.15, 0.2) is 24.3 Å². The molecule has 1 atom stereocenters. The molecule has 2 rings (SSSR count). The van der Waals surface area contributed by atoms with Gasteiger partial charge in [0.05, 0.1) is 33.9 Å². The predicted octanol–water partition coefficient (Wildman–Crippen LogP) is 2.29. The van der Waals surface area contributed by atoms with Gasteiger partial charge in [-0.25, -0.2) is 0 Å². The van der Waals surface area contributed by atoms with Crippen LogP contribution >= 0.6 is 0 Å². The number of nitrogens with zero attached hydrogens (tertiary/aromatic N) is 1. The highest BCUT2D eigenvalue weighted by Crippen LogP contribution is 2.28. The Balaban J connectivity index is 2.06. The van der Waals surface area contributed by atoms with Gasteiger partial charge in [-0.3, -0.25) is 9.59 Å². The number of methoxy groups -OCH3 is 3. The fourth-order valence-corrected chi connectivity index (χ4v) is 2.88. The molecule has 0 aromatic heterocycles. The highest BCUT2D eigenvalue weighted by atomic mass is 16.5. The van der Waals surface area contributed by atoms with Gasteiger partial charge >= 0.3 is 5.97 Å². The van der Waals surface area contributed by atoms with Crippen LogP contribution in [0.3, 0.4) is 0 Å². The third-order valence-corrected chi connectivity index (χ3v) is 4.40. The second-order valence-electron chi connectivity index (χ2n) is 6.19. The zero-order valence-electron chi connectivity index (χ0n) is 16.1. The van der Waals surface area contributed by atoms with Gasteiger partial charge in [0.1, 0.15) is 0 Å². The van der Waals surface area contributed by atoms with Crippen molar-refractivity contribution in [2.45, 2.75) is 25.4 Å². The van der Waals surface area contributed by atoms with Gasteiger partial charge in [0, 0.05) is 25.8 Å². The highest BCUT2D eigenvalue weighted by molar-refractivity contribution is 5.92. The first-order valence-electron chi connectivity index (χ1n) is 8.94. The molecule has 1 aliphatic rings. The minimum Gasteiger partial charge on any atom is -0.493 e. The van der Waals surface area contributed by atoms with E-state index in [2.05, 4.69) is 4.74 Å². The number of hydrogen-bond donors (Lipinski definition) is 0. The summed E-state index contributed by atoms with van der Waals surface area (Å²) in [6.45, 7) is 1.47. The summed E-state index contributed by atoms with van der Waals surface area (Å²) < 4.78 is 20.8. The molecule has 0 N–H and O–H groups in total. The standard InChI is InChI=1S/C20H27NO6/c1-24-17-8-6-15(13-18(17)25-2)7-9-19(22)21(11-10-20(23)26-3)14-16-5-4-12-27-16/h6-9,13,16H,4-5,10-12,14H2,1-3H3/b9-7+. The van der Waals surface area contributed by atoms with Crippen LogP contribution < -0.4 is 9.47 Å². The van der Waals surface area contributed by atoms with Gasteiger partial charge in [0.15, 0.2) is 11.5 Å². The molecule has 0 radical (unpaired) electrons. The molecular weight excluding hydrogens is 350 g/mol. The topological polar surface area (TPSA) is 74.3 Å². The van der Waals surface area contributed by atoms with E-state index in [1.165, 1.54) is 13.2 Å². The van der Waals surface area contributed by atoms with E-state index in [-0.39, 0.29) is 24.4 Å². The smallest absolute Gasteiger partial charge is 0.307 e. The summed E-state index contributed by atoms with van der Waals surface area (Å²) in [5.41, 5.74) is 0.811. The predicted molar refractivity (Wildman–Crippen MR) is 101 cm³/mol. The van der Waals surface area contributed by atoms with Crippen LogP contribution in [0.5, 0.6) is 11.5 Å². The van der Waals surface area contributed by atoms with Crippen LogP contribution in [0.2, 0.25) is 0 Å². The molecule has 7 heteroatoms. The third kappa shape index (κ3) is 6.29. The van der Waals surface area contributed by atoms with Gasteiger partial charge in [0.25, 0.3) is 0 Å². The average molecular weight is 377 g/mol. The van der Waals surface area contributed by atoms with Gasteiger partial charge in [0.2, 0.25) is 5.91 Å². The summed E-state index contributed by atoms with van der Waals surface area (Å²) in [7, 11) is 4.47. The van der Waals surface area contributed by atoms with E-state index in [4.69, 9.17) is 14.2 Å². The lowest BCUT2D eigenvalue weighted by atomic mass is 10.1. The van der Waals surface area contributed by atoms with Crippen LogP contribution in [0.4, 0.5) is 0 Å². The minimum atomic E-state index is -0.344. The Morgan fingerprint density at radius 2 is 2.00 bits per heavy atom. The average Bonchev–Trinajstić information content (AvgIpc) is 3.21. The van der Waals surface area contributed by atoms with E-state index in [9.17, 15) is 9.59 Å². The van der Waals surface area contributed by atoms with Crippen molar-refractivity contribution in [3.05, 3.63) is 29.8 Å². The number of esters is 1. The molecule has 1 aromatic carbocycles. The summed E-state index contributed by atoms with van der Waals surface area (Å²) in [4.78, 5) is 25.7. The molecule has 1 aliphatic heterocycles. The summed E-state index contributed by atoms with van der Waals surface area (Å²) in [6.07, 6.45) is 5.28. The Kier molecular flexibility index (Phi) is 8.13. The quantitative estimate of drug-likeness (QED) is 0.486. The van der Waals surface area contributed by atoms with E-state index in [1.54, 1.807) is 37.3 Å². The first-order chi connectivity index (χ1) is 13.1. The van der Waals surface area contributed by atoms with Crippen molar-refractivity contribution in [2.24, 2.45) is 0 Å². The first-order valence-corrected chi connectivity index (χ1v) is 8.94. The minimum absolute atomic E-state index is 0.0149. The second kappa shape index (κ2) is 10.6. The van der Waals surface area contributed by atoms with Crippen LogP contribution in [0, 0.1) is 0 Å². The molecular formula is C20H27NO6. The maximum absolute atomic E-state index is 12.7. The SMILES string of the molecule is COC(=O)CCN(CC1CCCO1)C(=O)/C=C/c1ccc(OC)c(OC)c1. The lowest BCUT2D eigenvalue weighted by Gasteiger charge is -2.24. The van der Waals surface area contributed by atoms with Crippen molar-refractivity contribution >= 4 is 18.0 Å².